The van der Waals surface area contributed by atoms with Crippen molar-refractivity contribution in [1.29, 1.82) is 0 Å². The molecule has 0 fully saturated rings. The molecule has 0 saturated heterocycles. The van der Waals surface area contributed by atoms with Gasteiger partial charge in [-0.05, 0) is 25.6 Å². The van der Waals surface area contributed by atoms with Gasteiger partial charge in [0.2, 0.25) is 0 Å². The molecule has 2 N–H and O–H groups in total. The van der Waals surface area contributed by atoms with Crippen molar-refractivity contribution in [3.05, 3.63) is 23.8 Å². The van der Waals surface area contributed by atoms with Gasteiger partial charge in [0, 0.05) is 24.2 Å². The second kappa shape index (κ2) is 8.77. The van der Waals surface area contributed by atoms with E-state index in [1.807, 2.05) is 18.2 Å². The van der Waals surface area contributed by atoms with Gasteiger partial charge in [-0.1, -0.05) is 19.9 Å². The minimum Gasteiger partial charge on any atom is -0.497 e. The molecule has 19 heavy (non-hydrogen) atoms. The highest BCUT2D eigenvalue weighted by atomic mass is 16.5. The molecule has 0 spiro atoms. The highest BCUT2D eigenvalue weighted by molar-refractivity contribution is 5.40. The first kappa shape index (κ1) is 15.8. The predicted molar refractivity (Wildman–Crippen MR) is 79.0 cm³/mol. The molecule has 0 radical (unpaired) electrons. The minimum atomic E-state index is 0.557. The van der Waals surface area contributed by atoms with E-state index in [1.54, 1.807) is 14.2 Å². The summed E-state index contributed by atoms with van der Waals surface area (Å²) < 4.78 is 10.5. The van der Waals surface area contributed by atoms with Gasteiger partial charge in [0.1, 0.15) is 11.5 Å². The van der Waals surface area contributed by atoms with E-state index in [1.165, 1.54) is 0 Å². The van der Waals surface area contributed by atoms with Gasteiger partial charge in [-0.3, -0.25) is 0 Å². The van der Waals surface area contributed by atoms with Crippen LogP contribution < -0.4 is 20.1 Å². The van der Waals surface area contributed by atoms with Gasteiger partial charge in [-0.25, -0.2) is 0 Å². The van der Waals surface area contributed by atoms with E-state index in [2.05, 4.69) is 24.5 Å². The lowest BCUT2D eigenvalue weighted by molar-refractivity contribution is 0.389. The van der Waals surface area contributed by atoms with Gasteiger partial charge in [0.05, 0.1) is 14.2 Å². The fourth-order valence-electron chi connectivity index (χ4n) is 1.83. The standard InChI is InChI=1S/C15H26N2O2/c1-12(2)17-9-5-8-16-11-13-6-7-14(18-3)10-15(13)19-4/h6-7,10,12,16-17H,5,8-9,11H2,1-4H3. The fraction of sp³-hybridized carbons (Fsp3) is 0.600. The van der Waals surface area contributed by atoms with Crippen LogP contribution in [0.2, 0.25) is 0 Å². The Hall–Kier alpha value is -1.26. The smallest absolute Gasteiger partial charge is 0.127 e. The maximum Gasteiger partial charge on any atom is 0.127 e. The van der Waals surface area contributed by atoms with Crippen molar-refractivity contribution in [2.24, 2.45) is 0 Å². The molecular formula is C15H26N2O2. The monoisotopic (exact) mass is 266 g/mol. The van der Waals surface area contributed by atoms with Crippen LogP contribution in [0.25, 0.3) is 0 Å². The zero-order chi connectivity index (χ0) is 14.1. The molecule has 0 aliphatic rings. The van der Waals surface area contributed by atoms with Crippen molar-refractivity contribution in [2.45, 2.75) is 32.9 Å². The van der Waals surface area contributed by atoms with Crippen molar-refractivity contribution in [3.8, 4) is 11.5 Å². The summed E-state index contributed by atoms with van der Waals surface area (Å²) in [5.74, 6) is 1.69. The van der Waals surface area contributed by atoms with Crippen LogP contribution in [-0.4, -0.2) is 33.4 Å². The molecule has 0 aromatic heterocycles. The van der Waals surface area contributed by atoms with E-state index >= 15 is 0 Å². The summed E-state index contributed by atoms with van der Waals surface area (Å²) in [6.07, 6.45) is 1.12. The summed E-state index contributed by atoms with van der Waals surface area (Å²) in [6.45, 7) is 7.18. The molecular weight excluding hydrogens is 240 g/mol. The first-order valence-electron chi connectivity index (χ1n) is 6.82. The Labute approximate surface area is 116 Å². The zero-order valence-corrected chi connectivity index (χ0v) is 12.5. The van der Waals surface area contributed by atoms with Crippen LogP contribution in [0.3, 0.4) is 0 Å². The van der Waals surface area contributed by atoms with Crippen LogP contribution in [0.15, 0.2) is 18.2 Å². The Morgan fingerprint density at radius 3 is 2.53 bits per heavy atom. The van der Waals surface area contributed by atoms with E-state index < -0.39 is 0 Å². The van der Waals surface area contributed by atoms with Gasteiger partial charge in [0.25, 0.3) is 0 Å². The Morgan fingerprint density at radius 1 is 1.11 bits per heavy atom. The third-order valence-corrected chi connectivity index (χ3v) is 2.89. The SMILES string of the molecule is COc1ccc(CNCCCNC(C)C)c(OC)c1. The summed E-state index contributed by atoms with van der Waals surface area (Å²) in [4.78, 5) is 0. The molecule has 1 aromatic carbocycles. The average Bonchev–Trinajstić information content (AvgIpc) is 2.42. The summed E-state index contributed by atoms with van der Waals surface area (Å²) in [7, 11) is 3.35. The number of benzene rings is 1. The molecule has 0 unspecified atom stereocenters. The molecule has 0 aliphatic carbocycles. The van der Waals surface area contributed by atoms with Crippen LogP contribution in [0.4, 0.5) is 0 Å². The number of hydrogen-bond donors (Lipinski definition) is 2. The lowest BCUT2D eigenvalue weighted by Crippen LogP contribution is -2.26. The van der Waals surface area contributed by atoms with Crippen molar-refractivity contribution in [2.75, 3.05) is 27.3 Å². The van der Waals surface area contributed by atoms with Crippen LogP contribution >= 0.6 is 0 Å². The van der Waals surface area contributed by atoms with Crippen LogP contribution in [0.1, 0.15) is 25.8 Å². The molecule has 0 atom stereocenters. The van der Waals surface area contributed by atoms with E-state index in [-0.39, 0.29) is 0 Å². The molecule has 0 bridgehead atoms. The number of hydrogen-bond acceptors (Lipinski definition) is 4. The van der Waals surface area contributed by atoms with E-state index in [9.17, 15) is 0 Å². The maximum absolute atomic E-state index is 5.37. The van der Waals surface area contributed by atoms with Crippen LogP contribution in [0.5, 0.6) is 11.5 Å². The van der Waals surface area contributed by atoms with Crippen molar-refractivity contribution < 1.29 is 9.47 Å². The Bertz CT molecular complexity index is 367. The zero-order valence-electron chi connectivity index (χ0n) is 12.5. The van der Waals surface area contributed by atoms with Gasteiger partial charge in [0.15, 0.2) is 0 Å². The second-order valence-electron chi connectivity index (χ2n) is 4.82. The highest BCUT2D eigenvalue weighted by Crippen LogP contribution is 2.24. The molecule has 0 amide bonds. The summed E-state index contributed by atoms with van der Waals surface area (Å²) in [5.41, 5.74) is 1.15. The molecule has 0 heterocycles. The normalized spacial score (nSPS) is 10.8. The second-order valence-corrected chi connectivity index (χ2v) is 4.82. The van der Waals surface area contributed by atoms with Gasteiger partial charge in [-0.15, -0.1) is 0 Å². The quantitative estimate of drug-likeness (QED) is 0.672. The molecule has 108 valence electrons. The maximum atomic E-state index is 5.37. The first-order valence-corrected chi connectivity index (χ1v) is 6.82. The third-order valence-electron chi connectivity index (χ3n) is 2.89. The Balaban J connectivity index is 2.32. The number of ether oxygens (including phenoxy) is 2. The van der Waals surface area contributed by atoms with E-state index in [0.29, 0.717) is 6.04 Å². The third kappa shape index (κ3) is 5.94. The largest absolute Gasteiger partial charge is 0.497 e. The van der Waals surface area contributed by atoms with E-state index in [4.69, 9.17) is 9.47 Å². The molecule has 1 rings (SSSR count). The summed E-state index contributed by atoms with van der Waals surface area (Å²) >= 11 is 0. The Kier molecular flexibility index (Phi) is 7.30. The molecule has 0 saturated carbocycles. The molecule has 4 nitrogen and oxygen atoms in total. The highest BCUT2D eigenvalue weighted by Gasteiger charge is 2.04. The molecule has 1 aromatic rings. The average molecular weight is 266 g/mol. The fourth-order valence-corrected chi connectivity index (χ4v) is 1.83. The summed E-state index contributed by atoms with van der Waals surface area (Å²) in [5, 5.41) is 6.83. The molecule has 0 aliphatic heterocycles. The van der Waals surface area contributed by atoms with Crippen molar-refractivity contribution >= 4 is 0 Å². The topological polar surface area (TPSA) is 42.5 Å². The lowest BCUT2D eigenvalue weighted by Gasteiger charge is -2.12. The number of rotatable bonds is 9. The molecule has 4 heteroatoms. The van der Waals surface area contributed by atoms with Crippen molar-refractivity contribution in [3.63, 3.8) is 0 Å². The van der Waals surface area contributed by atoms with Crippen LogP contribution in [0, 0.1) is 0 Å². The minimum absolute atomic E-state index is 0.557. The van der Waals surface area contributed by atoms with E-state index in [0.717, 1.165) is 43.1 Å². The van der Waals surface area contributed by atoms with Gasteiger partial charge >= 0.3 is 0 Å². The van der Waals surface area contributed by atoms with Gasteiger partial charge in [-0.2, -0.15) is 0 Å². The predicted octanol–water partition coefficient (Wildman–Crippen LogP) is 2.18. The van der Waals surface area contributed by atoms with Crippen LogP contribution in [-0.2, 0) is 6.54 Å². The van der Waals surface area contributed by atoms with Gasteiger partial charge < -0.3 is 20.1 Å². The Morgan fingerprint density at radius 2 is 1.89 bits per heavy atom. The first-order chi connectivity index (χ1) is 9.17. The summed E-state index contributed by atoms with van der Waals surface area (Å²) in [6, 6.07) is 6.47. The van der Waals surface area contributed by atoms with Crippen molar-refractivity contribution in [1.82, 2.24) is 10.6 Å². The number of methoxy groups -OCH3 is 2. The number of nitrogens with one attached hydrogen (secondary N) is 2. The lowest BCUT2D eigenvalue weighted by atomic mass is 10.2.